The number of H-pyrrole nitrogens is 1. The fourth-order valence-electron chi connectivity index (χ4n) is 2.88. The highest BCUT2D eigenvalue weighted by molar-refractivity contribution is 7.99. The van der Waals surface area contributed by atoms with Gasteiger partial charge in [-0.05, 0) is 41.6 Å². The Kier molecular flexibility index (Phi) is 4.26. The van der Waals surface area contributed by atoms with E-state index in [9.17, 15) is 9.18 Å². The molecule has 0 saturated carbocycles. The fourth-order valence-corrected chi connectivity index (χ4v) is 3.64. The van der Waals surface area contributed by atoms with Gasteiger partial charge in [0.2, 0.25) is 5.16 Å². The monoisotopic (exact) mass is 367 g/mol. The van der Waals surface area contributed by atoms with Crippen molar-refractivity contribution in [2.45, 2.75) is 12.1 Å². The first-order valence-electron chi connectivity index (χ1n) is 7.91. The van der Waals surface area contributed by atoms with E-state index in [0.29, 0.717) is 16.4 Å². The molecule has 0 spiro atoms. The van der Waals surface area contributed by atoms with Gasteiger partial charge in [0.05, 0.1) is 11.4 Å². The molecule has 2 aromatic carbocycles. The predicted molar refractivity (Wildman–Crippen MR) is 97.2 cm³/mol. The largest absolute Gasteiger partial charge is 0.358 e. The topological polar surface area (TPSA) is 76.5 Å². The van der Waals surface area contributed by atoms with E-state index in [1.807, 2.05) is 31.2 Å². The molecule has 0 aliphatic rings. The molecule has 0 fully saturated rings. The van der Waals surface area contributed by atoms with Crippen LogP contribution in [0.3, 0.4) is 0 Å². The van der Waals surface area contributed by atoms with E-state index in [4.69, 9.17) is 0 Å². The van der Waals surface area contributed by atoms with Crippen molar-refractivity contribution in [2.75, 3.05) is 5.75 Å². The van der Waals surface area contributed by atoms with Crippen LogP contribution in [-0.2, 0) is 0 Å². The van der Waals surface area contributed by atoms with Crippen LogP contribution >= 0.6 is 11.8 Å². The molecule has 26 heavy (non-hydrogen) atoms. The van der Waals surface area contributed by atoms with Gasteiger partial charge in [-0.25, -0.2) is 4.39 Å². The van der Waals surface area contributed by atoms with Crippen molar-refractivity contribution in [3.63, 3.8) is 0 Å². The van der Waals surface area contributed by atoms with Gasteiger partial charge in [0.25, 0.3) is 0 Å². The lowest BCUT2D eigenvalue weighted by molar-refractivity contribution is 0.102. The number of nitrogens with one attached hydrogen (secondary N) is 1. The minimum absolute atomic E-state index is 0.0151. The number of hydrogen-bond acceptors (Lipinski definition) is 5. The molecule has 8 heteroatoms. The maximum Gasteiger partial charge on any atom is 0.214 e. The number of tetrazole rings is 1. The Labute approximate surface area is 152 Å². The summed E-state index contributed by atoms with van der Waals surface area (Å²) in [5.41, 5.74) is 2.95. The molecule has 2 heterocycles. The number of aromatic amines is 1. The zero-order chi connectivity index (χ0) is 18.1. The number of aromatic nitrogens is 5. The van der Waals surface area contributed by atoms with Crippen molar-refractivity contribution < 1.29 is 9.18 Å². The van der Waals surface area contributed by atoms with E-state index >= 15 is 0 Å². The van der Waals surface area contributed by atoms with Crippen molar-refractivity contribution in [3.05, 3.63) is 65.6 Å². The van der Waals surface area contributed by atoms with Gasteiger partial charge in [-0.3, -0.25) is 4.79 Å². The maximum absolute atomic E-state index is 13.4. The predicted octanol–water partition coefficient (Wildman–Crippen LogP) is 3.57. The maximum atomic E-state index is 13.4. The Balaban J connectivity index is 1.57. The number of carbonyl (C=O) groups excluding carboxylic acids is 1. The van der Waals surface area contributed by atoms with Crippen molar-refractivity contribution in [1.82, 2.24) is 25.2 Å². The fraction of sp³-hybridized carbons (Fsp3) is 0.111. The number of benzene rings is 2. The first-order chi connectivity index (χ1) is 12.6. The number of para-hydroxylation sites is 1. The normalized spacial score (nSPS) is 11.2. The summed E-state index contributed by atoms with van der Waals surface area (Å²) in [5.74, 6) is -0.212. The smallest absolute Gasteiger partial charge is 0.214 e. The average Bonchev–Trinajstić information content (AvgIpc) is 3.23. The van der Waals surface area contributed by atoms with Crippen LogP contribution in [0, 0.1) is 12.7 Å². The molecule has 0 aliphatic carbocycles. The Hall–Kier alpha value is -3.00. The van der Waals surface area contributed by atoms with Crippen molar-refractivity contribution >= 4 is 28.4 Å². The van der Waals surface area contributed by atoms with E-state index in [-0.39, 0.29) is 17.4 Å². The number of ketones is 1. The van der Waals surface area contributed by atoms with Crippen LogP contribution in [0.1, 0.15) is 16.1 Å². The number of hydrogen-bond donors (Lipinski definition) is 1. The number of thioether (sulfide) groups is 1. The van der Waals surface area contributed by atoms with E-state index in [1.165, 1.54) is 28.6 Å². The van der Waals surface area contributed by atoms with Crippen LogP contribution in [0.2, 0.25) is 0 Å². The zero-order valence-electron chi connectivity index (χ0n) is 13.8. The molecule has 0 atom stereocenters. The first kappa shape index (κ1) is 16.5. The first-order valence-corrected chi connectivity index (χ1v) is 8.89. The molecule has 0 radical (unpaired) electrons. The number of Topliss-reactive ketones (excluding diaryl/α,β-unsaturated/α-hetero) is 1. The number of aryl methyl sites for hydroxylation is 1. The van der Waals surface area contributed by atoms with Gasteiger partial charge in [0.1, 0.15) is 5.82 Å². The Morgan fingerprint density at radius 2 is 2.08 bits per heavy atom. The number of nitrogens with zero attached hydrogens (tertiary/aromatic N) is 4. The summed E-state index contributed by atoms with van der Waals surface area (Å²) in [4.78, 5) is 16.0. The average molecular weight is 367 g/mol. The van der Waals surface area contributed by atoms with Crippen LogP contribution < -0.4 is 0 Å². The number of halogens is 1. The second-order valence-corrected chi connectivity index (χ2v) is 6.68. The summed E-state index contributed by atoms with van der Waals surface area (Å²) < 4.78 is 14.9. The highest BCUT2D eigenvalue weighted by Crippen LogP contribution is 2.25. The molecule has 0 amide bonds. The lowest BCUT2D eigenvalue weighted by Crippen LogP contribution is -2.06. The van der Waals surface area contributed by atoms with Crippen LogP contribution in [0.5, 0.6) is 0 Å². The Morgan fingerprint density at radius 3 is 2.92 bits per heavy atom. The van der Waals surface area contributed by atoms with Crippen LogP contribution in [0.15, 0.2) is 53.7 Å². The molecule has 0 saturated heterocycles. The quantitative estimate of drug-likeness (QED) is 0.431. The standard InChI is InChI=1S/C18H14FN5OS/c1-11-17(14-7-2-3-8-15(14)20-11)16(25)10-26-18-21-22-23-24(18)13-6-4-5-12(19)9-13/h2-9,20H,10H2,1H3. The lowest BCUT2D eigenvalue weighted by Gasteiger charge is -2.04. The third-order valence-electron chi connectivity index (χ3n) is 4.00. The molecule has 0 aliphatic heterocycles. The summed E-state index contributed by atoms with van der Waals surface area (Å²) in [6, 6.07) is 13.7. The van der Waals surface area contributed by atoms with Gasteiger partial charge in [-0.2, -0.15) is 4.68 Å². The Morgan fingerprint density at radius 1 is 1.23 bits per heavy atom. The van der Waals surface area contributed by atoms with Gasteiger partial charge >= 0.3 is 0 Å². The molecule has 1 N–H and O–H groups in total. The summed E-state index contributed by atoms with van der Waals surface area (Å²) in [6.45, 7) is 1.88. The summed E-state index contributed by atoms with van der Waals surface area (Å²) in [6.07, 6.45) is 0. The highest BCUT2D eigenvalue weighted by atomic mass is 32.2. The van der Waals surface area contributed by atoms with Crippen molar-refractivity contribution in [3.8, 4) is 5.69 Å². The molecule has 6 nitrogen and oxygen atoms in total. The molecule has 2 aromatic heterocycles. The summed E-state index contributed by atoms with van der Waals surface area (Å²) in [5, 5.41) is 12.8. The van der Waals surface area contributed by atoms with Crippen LogP contribution in [-0.4, -0.2) is 36.7 Å². The minimum Gasteiger partial charge on any atom is -0.358 e. The van der Waals surface area contributed by atoms with E-state index in [2.05, 4.69) is 20.5 Å². The van der Waals surface area contributed by atoms with Crippen molar-refractivity contribution in [2.24, 2.45) is 0 Å². The van der Waals surface area contributed by atoms with E-state index in [1.54, 1.807) is 12.1 Å². The second kappa shape index (κ2) is 6.72. The summed E-state index contributed by atoms with van der Waals surface area (Å²) >= 11 is 1.22. The van der Waals surface area contributed by atoms with E-state index < -0.39 is 0 Å². The van der Waals surface area contributed by atoms with Gasteiger partial charge < -0.3 is 4.98 Å². The Bertz CT molecular complexity index is 1100. The minimum atomic E-state index is -0.376. The molecular weight excluding hydrogens is 353 g/mol. The number of carbonyl (C=O) groups is 1. The molecule has 0 unspecified atom stereocenters. The second-order valence-electron chi connectivity index (χ2n) is 5.74. The number of rotatable bonds is 5. The van der Waals surface area contributed by atoms with E-state index in [0.717, 1.165) is 16.6 Å². The van der Waals surface area contributed by atoms with Gasteiger partial charge in [0, 0.05) is 22.2 Å². The third kappa shape index (κ3) is 2.99. The van der Waals surface area contributed by atoms with Gasteiger partial charge in [-0.1, -0.05) is 36.0 Å². The lowest BCUT2D eigenvalue weighted by atomic mass is 10.1. The molecular formula is C18H14FN5OS. The molecule has 130 valence electrons. The van der Waals surface area contributed by atoms with Crippen LogP contribution in [0.25, 0.3) is 16.6 Å². The molecule has 4 rings (SSSR count). The SMILES string of the molecule is Cc1[nH]c2ccccc2c1C(=O)CSc1nnnn1-c1cccc(F)c1. The van der Waals surface area contributed by atoms with Gasteiger partial charge in [-0.15, -0.1) is 5.10 Å². The molecule has 0 bridgehead atoms. The van der Waals surface area contributed by atoms with Crippen LogP contribution in [0.4, 0.5) is 4.39 Å². The summed E-state index contributed by atoms with van der Waals surface area (Å²) in [7, 11) is 0. The third-order valence-corrected chi connectivity index (χ3v) is 4.92. The highest BCUT2D eigenvalue weighted by Gasteiger charge is 2.18. The zero-order valence-corrected chi connectivity index (χ0v) is 14.6. The molecule has 4 aromatic rings. The van der Waals surface area contributed by atoms with Gasteiger partial charge in [0.15, 0.2) is 5.78 Å². The number of fused-ring (bicyclic) bond motifs is 1. The van der Waals surface area contributed by atoms with Crippen molar-refractivity contribution in [1.29, 1.82) is 0 Å².